The first-order chi connectivity index (χ1) is 7.58. The molecule has 90 valence electrons. The average molecular weight is 224 g/mol. The molecule has 2 rings (SSSR count). The summed E-state index contributed by atoms with van der Waals surface area (Å²) >= 11 is 0. The number of hydrogen-bond acceptors (Lipinski definition) is 2. The van der Waals surface area contributed by atoms with E-state index < -0.39 is 0 Å². The molecule has 1 saturated carbocycles. The van der Waals surface area contributed by atoms with Crippen LogP contribution in [-0.2, 0) is 9.59 Å². The molecule has 0 radical (unpaired) electrons. The molecule has 0 bridgehead atoms. The highest BCUT2D eigenvalue weighted by molar-refractivity contribution is 5.89. The van der Waals surface area contributed by atoms with Crippen LogP contribution < -0.4 is 5.32 Å². The molecule has 4 heteroatoms. The van der Waals surface area contributed by atoms with Crippen molar-refractivity contribution in [2.24, 2.45) is 5.92 Å². The molecule has 1 aliphatic heterocycles. The summed E-state index contributed by atoms with van der Waals surface area (Å²) in [6.45, 7) is 4.43. The molecule has 1 aliphatic carbocycles. The number of hydrogen-bond donors (Lipinski definition) is 1. The second-order valence-electron chi connectivity index (χ2n) is 5.10. The molecule has 0 aromatic heterocycles. The van der Waals surface area contributed by atoms with E-state index in [0.717, 1.165) is 12.3 Å². The van der Waals surface area contributed by atoms with Gasteiger partial charge in [0, 0.05) is 19.0 Å². The van der Waals surface area contributed by atoms with Gasteiger partial charge in [-0.15, -0.1) is 0 Å². The van der Waals surface area contributed by atoms with E-state index in [2.05, 4.69) is 12.2 Å². The topological polar surface area (TPSA) is 49.4 Å². The fraction of sp³-hybridized carbons (Fsp3) is 0.833. The summed E-state index contributed by atoms with van der Waals surface area (Å²) in [5.74, 6) is 0.867. The molecule has 2 fully saturated rings. The lowest BCUT2D eigenvalue weighted by molar-refractivity contribution is -0.135. The summed E-state index contributed by atoms with van der Waals surface area (Å²) in [4.78, 5) is 25.3. The Morgan fingerprint density at radius 1 is 1.44 bits per heavy atom. The van der Waals surface area contributed by atoms with Crippen molar-refractivity contribution in [2.45, 2.75) is 51.6 Å². The highest BCUT2D eigenvalue weighted by atomic mass is 16.2. The molecule has 2 aliphatic rings. The molecule has 0 aromatic rings. The third kappa shape index (κ3) is 2.54. The Bertz CT molecular complexity index is 299. The van der Waals surface area contributed by atoms with E-state index in [9.17, 15) is 9.59 Å². The van der Waals surface area contributed by atoms with Crippen molar-refractivity contribution in [3.8, 4) is 0 Å². The zero-order valence-corrected chi connectivity index (χ0v) is 10.0. The Balaban J connectivity index is 1.99. The minimum atomic E-state index is -0.364. The predicted molar refractivity (Wildman–Crippen MR) is 60.7 cm³/mol. The summed E-state index contributed by atoms with van der Waals surface area (Å²) in [6, 6.07) is -0.0909. The van der Waals surface area contributed by atoms with Crippen LogP contribution >= 0.6 is 0 Å². The monoisotopic (exact) mass is 224 g/mol. The van der Waals surface area contributed by atoms with E-state index in [0.29, 0.717) is 13.0 Å². The molecule has 16 heavy (non-hydrogen) atoms. The smallest absolute Gasteiger partial charge is 0.245 e. The first kappa shape index (κ1) is 11.4. The molecule has 1 saturated heterocycles. The normalized spacial score (nSPS) is 28.6. The molecule has 1 heterocycles. The van der Waals surface area contributed by atoms with Crippen LogP contribution in [-0.4, -0.2) is 35.3 Å². The maximum atomic E-state index is 12.0. The largest absolute Gasteiger partial charge is 0.345 e. The molecular weight excluding hydrogens is 204 g/mol. The summed E-state index contributed by atoms with van der Waals surface area (Å²) in [7, 11) is 0. The summed E-state index contributed by atoms with van der Waals surface area (Å²) in [6.07, 6.45) is 4.13. The maximum Gasteiger partial charge on any atom is 0.245 e. The van der Waals surface area contributed by atoms with E-state index in [1.807, 2.05) is 4.90 Å². The van der Waals surface area contributed by atoms with Crippen molar-refractivity contribution < 1.29 is 9.59 Å². The van der Waals surface area contributed by atoms with Gasteiger partial charge in [-0.2, -0.15) is 0 Å². The average Bonchev–Trinajstić information content (AvgIpc) is 3.00. The van der Waals surface area contributed by atoms with Gasteiger partial charge in [-0.1, -0.05) is 12.8 Å². The predicted octanol–water partition coefficient (Wildman–Crippen LogP) is 0.912. The first-order valence-corrected chi connectivity index (χ1v) is 6.17. The fourth-order valence-electron chi connectivity index (χ4n) is 2.36. The Labute approximate surface area is 96.4 Å². The van der Waals surface area contributed by atoms with E-state index in [4.69, 9.17) is 0 Å². The third-order valence-corrected chi connectivity index (χ3v) is 3.51. The number of nitrogens with one attached hydrogen (secondary N) is 1. The van der Waals surface area contributed by atoms with Gasteiger partial charge < -0.3 is 10.2 Å². The quantitative estimate of drug-likeness (QED) is 0.774. The van der Waals surface area contributed by atoms with Crippen LogP contribution in [0.15, 0.2) is 0 Å². The van der Waals surface area contributed by atoms with Crippen LogP contribution in [0.1, 0.15) is 39.5 Å². The zero-order chi connectivity index (χ0) is 11.7. The van der Waals surface area contributed by atoms with E-state index >= 15 is 0 Å². The number of carbonyl (C=O) groups excluding carboxylic acids is 2. The fourth-order valence-corrected chi connectivity index (χ4v) is 2.36. The van der Waals surface area contributed by atoms with Gasteiger partial charge >= 0.3 is 0 Å². The van der Waals surface area contributed by atoms with Crippen LogP contribution in [0, 0.1) is 5.92 Å². The van der Waals surface area contributed by atoms with Gasteiger partial charge in [-0.3, -0.25) is 9.59 Å². The first-order valence-electron chi connectivity index (χ1n) is 6.17. The number of carbonyl (C=O) groups is 2. The second-order valence-corrected chi connectivity index (χ2v) is 5.10. The lowest BCUT2D eigenvalue weighted by atomic mass is 10.1. The Hall–Kier alpha value is -1.06. The number of nitrogens with zero attached hydrogens (tertiary/aromatic N) is 1. The summed E-state index contributed by atoms with van der Waals surface area (Å²) in [5, 5.41) is 2.72. The lowest BCUT2D eigenvalue weighted by Gasteiger charge is -2.29. The van der Waals surface area contributed by atoms with E-state index in [1.54, 1.807) is 6.92 Å². The van der Waals surface area contributed by atoms with Crippen molar-refractivity contribution in [2.75, 3.05) is 6.54 Å². The number of rotatable bonds is 3. The van der Waals surface area contributed by atoms with Crippen molar-refractivity contribution in [1.82, 2.24) is 10.2 Å². The molecule has 1 N–H and O–H groups in total. The minimum absolute atomic E-state index is 0.0121. The zero-order valence-electron chi connectivity index (χ0n) is 10.0. The Morgan fingerprint density at radius 3 is 2.75 bits per heavy atom. The molecule has 2 atom stereocenters. The standard InChI is InChI=1S/C12H20N2O2/c1-8(7-10-3-4-10)14-6-5-11(15)13-9(2)12(14)16/h8-10H,3-7H2,1-2H3,(H,13,15). The van der Waals surface area contributed by atoms with Crippen molar-refractivity contribution in [1.29, 1.82) is 0 Å². The minimum Gasteiger partial charge on any atom is -0.345 e. The SMILES string of the molecule is CC1NC(=O)CCN(C(C)CC2CC2)C1=O. The van der Waals surface area contributed by atoms with Crippen LogP contribution in [0.4, 0.5) is 0 Å². The van der Waals surface area contributed by atoms with Gasteiger partial charge in [0.15, 0.2) is 0 Å². The Kier molecular flexibility index (Phi) is 3.17. The summed E-state index contributed by atoms with van der Waals surface area (Å²) < 4.78 is 0. The highest BCUT2D eigenvalue weighted by Gasteiger charge is 2.32. The van der Waals surface area contributed by atoms with Gasteiger partial charge in [-0.05, 0) is 26.2 Å². The van der Waals surface area contributed by atoms with Gasteiger partial charge in [0.2, 0.25) is 11.8 Å². The van der Waals surface area contributed by atoms with Gasteiger partial charge in [0.25, 0.3) is 0 Å². The summed E-state index contributed by atoms with van der Waals surface area (Å²) in [5.41, 5.74) is 0. The molecule has 4 nitrogen and oxygen atoms in total. The molecule has 2 amide bonds. The lowest BCUT2D eigenvalue weighted by Crippen LogP contribution is -2.46. The molecular formula is C12H20N2O2. The van der Waals surface area contributed by atoms with Crippen molar-refractivity contribution >= 4 is 11.8 Å². The maximum absolute atomic E-state index is 12.0. The van der Waals surface area contributed by atoms with Gasteiger partial charge in [0.05, 0.1) is 0 Å². The Morgan fingerprint density at radius 2 is 2.12 bits per heavy atom. The van der Waals surface area contributed by atoms with Crippen LogP contribution in [0.25, 0.3) is 0 Å². The molecule has 0 aromatic carbocycles. The van der Waals surface area contributed by atoms with Crippen LogP contribution in [0.3, 0.4) is 0 Å². The molecule has 0 spiro atoms. The van der Waals surface area contributed by atoms with E-state index in [-0.39, 0.29) is 23.9 Å². The van der Waals surface area contributed by atoms with Gasteiger partial charge in [-0.25, -0.2) is 0 Å². The van der Waals surface area contributed by atoms with Crippen LogP contribution in [0.5, 0.6) is 0 Å². The van der Waals surface area contributed by atoms with E-state index in [1.165, 1.54) is 12.8 Å². The van der Waals surface area contributed by atoms with Gasteiger partial charge in [0.1, 0.15) is 6.04 Å². The van der Waals surface area contributed by atoms with Crippen molar-refractivity contribution in [3.63, 3.8) is 0 Å². The third-order valence-electron chi connectivity index (χ3n) is 3.51. The van der Waals surface area contributed by atoms with Crippen LogP contribution in [0.2, 0.25) is 0 Å². The second kappa shape index (κ2) is 4.44. The van der Waals surface area contributed by atoms with Crippen molar-refractivity contribution in [3.05, 3.63) is 0 Å². The number of amides is 2. The highest BCUT2D eigenvalue weighted by Crippen LogP contribution is 2.34. The molecule has 2 unspecified atom stereocenters.